The molecule has 0 bridgehead atoms. The molecule has 2 aromatic heterocycles. The van der Waals surface area contributed by atoms with Crippen molar-refractivity contribution in [2.24, 2.45) is 0 Å². The lowest BCUT2D eigenvalue weighted by Crippen LogP contribution is -2.14. The topological polar surface area (TPSA) is 73.3 Å². The number of hydrogen-bond donors (Lipinski definition) is 1. The van der Waals surface area contributed by atoms with E-state index in [-0.39, 0.29) is 28.8 Å². The largest absolute Gasteiger partial charge is 0.474 e. The number of pyridine rings is 2. The Balaban J connectivity index is 1.77. The van der Waals surface area contributed by atoms with E-state index in [1.54, 1.807) is 30.5 Å². The van der Waals surface area contributed by atoms with Crippen LogP contribution in [0.4, 0.5) is 5.69 Å². The molecule has 1 aromatic carbocycles. The van der Waals surface area contributed by atoms with E-state index < -0.39 is 0 Å². The van der Waals surface area contributed by atoms with Crippen LogP contribution in [0, 0.1) is 0 Å². The highest BCUT2D eigenvalue weighted by Crippen LogP contribution is 2.28. The van der Waals surface area contributed by atoms with Crippen molar-refractivity contribution >= 4 is 23.2 Å². The standard InChI is InChI=1S/C20H18ClN3O3/c1-13(2)26-19-16(21)11-14(12-23-19)18(25)24-17-9-6-10-22-20(17)27-15-7-4-3-5-8-15/h3-13H,1-2H3,(H,24,25). The highest BCUT2D eigenvalue weighted by molar-refractivity contribution is 6.32. The molecule has 3 aromatic rings. The van der Waals surface area contributed by atoms with E-state index in [1.165, 1.54) is 12.3 Å². The smallest absolute Gasteiger partial charge is 0.257 e. The molecule has 0 unspecified atom stereocenters. The minimum Gasteiger partial charge on any atom is -0.474 e. The van der Waals surface area contributed by atoms with Crippen molar-refractivity contribution in [3.05, 3.63) is 71.5 Å². The average molecular weight is 384 g/mol. The number of anilines is 1. The van der Waals surface area contributed by atoms with Crippen LogP contribution in [0.3, 0.4) is 0 Å². The number of aromatic nitrogens is 2. The molecule has 138 valence electrons. The van der Waals surface area contributed by atoms with Crippen molar-refractivity contribution in [3.8, 4) is 17.5 Å². The number of hydrogen-bond acceptors (Lipinski definition) is 5. The Bertz CT molecular complexity index is 933. The van der Waals surface area contributed by atoms with E-state index >= 15 is 0 Å². The van der Waals surface area contributed by atoms with Crippen molar-refractivity contribution < 1.29 is 14.3 Å². The van der Waals surface area contributed by atoms with Crippen molar-refractivity contribution in [2.45, 2.75) is 20.0 Å². The van der Waals surface area contributed by atoms with E-state index in [2.05, 4.69) is 15.3 Å². The molecule has 6 nitrogen and oxygen atoms in total. The summed E-state index contributed by atoms with van der Waals surface area (Å²) in [7, 11) is 0. The van der Waals surface area contributed by atoms with Gasteiger partial charge in [0.2, 0.25) is 11.8 Å². The number of carbonyl (C=O) groups excluding carboxylic acids is 1. The fourth-order valence-corrected chi connectivity index (χ4v) is 2.43. The maximum Gasteiger partial charge on any atom is 0.257 e. The summed E-state index contributed by atoms with van der Waals surface area (Å²) in [4.78, 5) is 20.9. The molecule has 0 aliphatic carbocycles. The van der Waals surface area contributed by atoms with Gasteiger partial charge in [-0.25, -0.2) is 9.97 Å². The predicted molar refractivity (Wildman–Crippen MR) is 104 cm³/mol. The first kappa shape index (κ1) is 18.7. The fourth-order valence-electron chi connectivity index (χ4n) is 2.22. The molecule has 2 heterocycles. The van der Waals surface area contributed by atoms with Gasteiger partial charge < -0.3 is 14.8 Å². The molecule has 1 N–H and O–H groups in total. The third-order valence-electron chi connectivity index (χ3n) is 3.39. The normalized spacial score (nSPS) is 10.5. The van der Waals surface area contributed by atoms with Gasteiger partial charge in [-0.3, -0.25) is 4.79 Å². The summed E-state index contributed by atoms with van der Waals surface area (Å²) >= 11 is 6.15. The molecular weight excluding hydrogens is 366 g/mol. The molecule has 7 heteroatoms. The molecule has 0 radical (unpaired) electrons. The molecule has 3 rings (SSSR count). The first-order valence-electron chi connectivity index (χ1n) is 8.34. The van der Waals surface area contributed by atoms with Gasteiger partial charge in [-0.2, -0.15) is 0 Å². The van der Waals surface area contributed by atoms with E-state index in [0.29, 0.717) is 17.0 Å². The fraction of sp³-hybridized carbons (Fsp3) is 0.150. The van der Waals surface area contributed by atoms with Crippen LogP contribution in [-0.4, -0.2) is 22.0 Å². The summed E-state index contributed by atoms with van der Waals surface area (Å²) in [6.07, 6.45) is 2.93. The lowest BCUT2D eigenvalue weighted by Gasteiger charge is -2.12. The summed E-state index contributed by atoms with van der Waals surface area (Å²) in [6.45, 7) is 3.74. The number of rotatable bonds is 6. The Morgan fingerprint density at radius 1 is 1.07 bits per heavy atom. The molecule has 0 fully saturated rings. The van der Waals surface area contributed by atoms with Crippen LogP contribution in [0.2, 0.25) is 5.02 Å². The summed E-state index contributed by atoms with van der Waals surface area (Å²) in [5, 5.41) is 3.04. The minimum atomic E-state index is -0.383. The average Bonchev–Trinajstić information content (AvgIpc) is 2.65. The summed E-state index contributed by atoms with van der Waals surface area (Å²) in [5.41, 5.74) is 0.732. The first-order valence-corrected chi connectivity index (χ1v) is 8.72. The van der Waals surface area contributed by atoms with Crippen LogP contribution in [0.5, 0.6) is 17.5 Å². The van der Waals surface area contributed by atoms with Crippen LogP contribution in [0.25, 0.3) is 0 Å². The molecule has 0 saturated carbocycles. The van der Waals surface area contributed by atoms with Crippen molar-refractivity contribution in [3.63, 3.8) is 0 Å². The van der Waals surface area contributed by atoms with E-state index in [1.807, 2.05) is 32.0 Å². The zero-order valence-electron chi connectivity index (χ0n) is 14.8. The summed E-state index contributed by atoms with van der Waals surface area (Å²) in [5.74, 6) is 0.812. The van der Waals surface area contributed by atoms with Gasteiger partial charge in [-0.15, -0.1) is 0 Å². The third kappa shape index (κ3) is 4.95. The van der Waals surface area contributed by atoms with E-state index in [0.717, 1.165) is 0 Å². The summed E-state index contributed by atoms with van der Waals surface area (Å²) in [6, 6.07) is 14.1. The molecule has 0 atom stereocenters. The second-order valence-corrected chi connectivity index (χ2v) is 6.31. The van der Waals surface area contributed by atoms with Crippen molar-refractivity contribution in [1.29, 1.82) is 0 Å². The Morgan fingerprint density at radius 2 is 1.85 bits per heavy atom. The van der Waals surface area contributed by atoms with Gasteiger partial charge in [-0.05, 0) is 44.2 Å². The lowest BCUT2D eigenvalue weighted by molar-refractivity contribution is 0.102. The van der Waals surface area contributed by atoms with Gasteiger partial charge in [0.25, 0.3) is 5.91 Å². The number of amides is 1. The van der Waals surface area contributed by atoms with Crippen LogP contribution in [-0.2, 0) is 0 Å². The molecule has 0 spiro atoms. The molecule has 0 saturated heterocycles. The Kier molecular flexibility index (Phi) is 5.88. The van der Waals surface area contributed by atoms with Gasteiger partial charge in [0.05, 0.1) is 11.7 Å². The maximum atomic E-state index is 12.6. The van der Waals surface area contributed by atoms with Gasteiger partial charge >= 0.3 is 0 Å². The Labute approximate surface area is 162 Å². The van der Waals surface area contributed by atoms with Crippen molar-refractivity contribution in [2.75, 3.05) is 5.32 Å². The second kappa shape index (κ2) is 8.51. The van der Waals surface area contributed by atoms with E-state index in [4.69, 9.17) is 21.1 Å². The van der Waals surface area contributed by atoms with Crippen LogP contribution in [0.1, 0.15) is 24.2 Å². The molecular formula is C20H18ClN3O3. The third-order valence-corrected chi connectivity index (χ3v) is 3.66. The Morgan fingerprint density at radius 3 is 2.56 bits per heavy atom. The number of ether oxygens (including phenoxy) is 2. The minimum absolute atomic E-state index is 0.0669. The monoisotopic (exact) mass is 383 g/mol. The van der Waals surface area contributed by atoms with Gasteiger partial charge in [0, 0.05) is 12.4 Å². The maximum absolute atomic E-state index is 12.6. The second-order valence-electron chi connectivity index (χ2n) is 5.90. The lowest BCUT2D eigenvalue weighted by atomic mass is 10.2. The van der Waals surface area contributed by atoms with Crippen LogP contribution < -0.4 is 14.8 Å². The number of nitrogens with zero attached hydrogens (tertiary/aromatic N) is 2. The SMILES string of the molecule is CC(C)Oc1ncc(C(=O)Nc2cccnc2Oc2ccccc2)cc1Cl. The zero-order valence-corrected chi connectivity index (χ0v) is 15.6. The predicted octanol–water partition coefficient (Wildman–Crippen LogP) is 4.96. The molecule has 27 heavy (non-hydrogen) atoms. The molecule has 1 amide bonds. The van der Waals surface area contributed by atoms with Gasteiger partial charge in [0.15, 0.2) is 0 Å². The van der Waals surface area contributed by atoms with Gasteiger partial charge in [-0.1, -0.05) is 29.8 Å². The summed E-state index contributed by atoms with van der Waals surface area (Å²) < 4.78 is 11.2. The van der Waals surface area contributed by atoms with Crippen molar-refractivity contribution in [1.82, 2.24) is 9.97 Å². The number of para-hydroxylation sites is 1. The van der Waals surface area contributed by atoms with Gasteiger partial charge in [0.1, 0.15) is 16.5 Å². The van der Waals surface area contributed by atoms with E-state index in [9.17, 15) is 4.79 Å². The van der Waals surface area contributed by atoms with Crippen LogP contribution >= 0.6 is 11.6 Å². The highest BCUT2D eigenvalue weighted by atomic mass is 35.5. The molecule has 0 aliphatic heterocycles. The zero-order chi connectivity index (χ0) is 19.2. The number of benzene rings is 1. The number of carbonyl (C=O) groups is 1. The quantitative estimate of drug-likeness (QED) is 0.651. The first-order chi connectivity index (χ1) is 13.0. The Hall–Kier alpha value is -3.12. The number of nitrogens with one attached hydrogen (secondary N) is 1. The molecule has 0 aliphatic rings. The number of halogens is 1. The van der Waals surface area contributed by atoms with Crippen LogP contribution in [0.15, 0.2) is 60.9 Å². The highest BCUT2D eigenvalue weighted by Gasteiger charge is 2.15.